The van der Waals surface area contributed by atoms with E-state index in [4.69, 9.17) is 0 Å². The minimum absolute atomic E-state index is 0.0580. The predicted octanol–water partition coefficient (Wildman–Crippen LogP) is 2.48. The Morgan fingerprint density at radius 1 is 1.20 bits per heavy atom. The van der Waals surface area contributed by atoms with E-state index in [-0.39, 0.29) is 17.6 Å². The smallest absolute Gasteiger partial charge is 0.165 e. The quantitative estimate of drug-likeness (QED) is 0.557. The van der Waals surface area contributed by atoms with E-state index in [1.165, 1.54) is 0 Å². The van der Waals surface area contributed by atoms with Gasteiger partial charge in [-0.3, -0.25) is 4.79 Å². The highest BCUT2D eigenvalue weighted by Gasteiger charge is 2.29. The fourth-order valence-electron chi connectivity index (χ4n) is 2.22. The molecule has 2 unspecified atom stereocenters. The summed E-state index contributed by atoms with van der Waals surface area (Å²) in [7, 11) is 0. The van der Waals surface area contributed by atoms with Gasteiger partial charge in [-0.25, -0.2) is 0 Å². The number of carbonyl (C=O) groups is 2. The molecule has 2 heteroatoms. The molecule has 2 atom stereocenters. The van der Waals surface area contributed by atoms with Crippen LogP contribution in [0.3, 0.4) is 0 Å². The number of Topliss-reactive ketones (excluding diaryl/α,β-unsaturated/α-hetero) is 1. The van der Waals surface area contributed by atoms with Crippen molar-refractivity contribution in [3.05, 3.63) is 35.9 Å². The number of benzene rings is 1. The van der Waals surface area contributed by atoms with E-state index in [2.05, 4.69) is 0 Å². The van der Waals surface area contributed by atoms with Crippen molar-refractivity contribution >= 4 is 12.1 Å². The summed E-state index contributed by atoms with van der Waals surface area (Å²) in [5.41, 5.74) is 0.772. The lowest BCUT2D eigenvalue weighted by atomic mass is 9.95. The number of hydrogen-bond donors (Lipinski definition) is 0. The molecule has 1 aliphatic rings. The first kappa shape index (κ1) is 10.1. The van der Waals surface area contributed by atoms with Crippen LogP contribution in [0.1, 0.15) is 29.6 Å². The van der Waals surface area contributed by atoms with E-state index in [1.807, 2.05) is 30.3 Å². The second kappa shape index (κ2) is 4.39. The maximum Gasteiger partial charge on any atom is 0.165 e. The van der Waals surface area contributed by atoms with Crippen molar-refractivity contribution in [2.45, 2.75) is 19.3 Å². The van der Waals surface area contributed by atoms with Gasteiger partial charge in [-0.1, -0.05) is 30.3 Å². The fourth-order valence-corrected chi connectivity index (χ4v) is 2.22. The van der Waals surface area contributed by atoms with Gasteiger partial charge in [0.05, 0.1) is 0 Å². The van der Waals surface area contributed by atoms with Crippen LogP contribution in [-0.4, -0.2) is 12.1 Å². The van der Waals surface area contributed by atoms with E-state index in [1.54, 1.807) is 0 Å². The highest BCUT2D eigenvalue weighted by Crippen LogP contribution is 2.31. The van der Waals surface area contributed by atoms with E-state index < -0.39 is 0 Å². The van der Waals surface area contributed by atoms with Gasteiger partial charge in [0.25, 0.3) is 0 Å². The Morgan fingerprint density at radius 2 is 1.93 bits per heavy atom. The second-order valence-corrected chi connectivity index (χ2v) is 4.14. The first-order valence-electron chi connectivity index (χ1n) is 5.36. The molecule has 1 aliphatic carbocycles. The van der Waals surface area contributed by atoms with E-state index >= 15 is 0 Å². The molecule has 0 aromatic heterocycles. The van der Waals surface area contributed by atoms with Gasteiger partial charge in [0.2, 0.25) is 0 Å². The lowest BCUT2D eigenvalue weighted by Crippen LogP contribution is -2.11. The van der Waals surface area contributed by atoms with Crippen molar-refractivity contribution in [3.63, 3.8) is 0 Å². The van der Waals surface area contributed by atoms with Gasteiger partial charge in [0.15, 0.2) is 5.78 Å². The minimum Gasteiger partial charge on any atom is -0.303 e. The topological polar surface area (TPSA) is 34.1 Å². The first-order valence-corrected chi connectivity index (χ1v) is 5.36. The lowest BCUT2D eigenvalue weighted by molar-refractivity contribution is -0.110. The molecule has 78 valence electrons. The molecule has 2 rings (SSSR count). The highest BCUT2D eigenvalue weighted by atomic mass is 16.1. The lowest BCUT2D eigenvalue weighted by Gasteiger charge is -2.07. The zero-order valence-corrected chi connectivity index (χ0v) is 8.56. The first-order chi connectivity index (χ1) is 7.31. The molecule has 0 bridgehead atoms. The van der Waals surface area contributed by atoms with Gasteiger partial charge in [-0.2, -0.15) is 0 Å². The summed E-state index contributed by atoms with van der Waals surface area (Å²) in [6, 6.07) is 9.34. The largest absolute Gasteiger partial charge is 0.303 e. The minimum atomic E-state index is 0.0580. The van der Waals surface area contributed by atoms with Gasteiger partial charge < -0.3 is 4.79 Å². The molecule has 1 fully saturated rings. The zero-order valence-electron chi connectivity index (χ0n) is 8.56. The van der Waals surface area contributed by atoms with Crippen molar-refractivity contribution in [2.24, 2.45) is 11.8 Å². The third-order valence-electron chi connectivity index (χ3n) is 3.09. The second-order valence-electron chi connectivity index (χ2n) is 4.14. The summed E-state index contributed by atoms with van der Waals surface area (Å²) < 4.78 is 0. The molecule has 15 heavy (non-hydrogen) atoms. The Hall–Kier alpha value is -1.44. The van der Waals surface area contributed by atoms with Crippen LogP contribution in [0.15, 0.2) is 30.3 Å². The summed E-state index contributed by atoms with van der Waals surface area (Å²) in [4.78, 5) is 22.6. The summed E-state index contributed by atoms with van der Waals surface area (Å²) in [6.45, 7) is 0. The third-order valence-corrected chi connectivity index (χ3v) is 3.09. The molecule has 0 radical (unpaired) electrons. The molecule has 0 amide bonds. The van der Waals surface area contributed by atoms with Crippen LogP contribution in [0.4, 0.5) is 0 Å². The van der Waals surface area contributed by atoms with Gasteiger partial charge >= 0.3 is 0 Å². The number of ketones is 1. The van der Waals surface area contributed by atoms with Crippen LogP contribution in [0.5, 0.6) is 0 Å². The van der Waals surface area contributed by atoms with Crippen LogP contribution in [0, 0.1) is 11.8 Å². The maximum absolute atomic E-state index is 12.0. The highest BCUT2D eigenvalue weighted by molar-refractivity contribution is 5.98. The number of hydrogen-bond acceptors (Lipinski definition) is 2. The van der Waals surface area contributed by atoms with Crippen LogP contribution in [0.2, 0.25) is 0 Å². The molecule has 0 heterocycles. The summed E-state index contributed by atoms with van der Waals surface area (Å²) in [6.07, 6.45) is 3.44. The average Bonchev–Trinajstić information content (AvgIpc) is 2.78. The molecule has 0 N–H and O–H groups in total. The molecule has 2 nitrogen and oxygen atoms in total. The molecule has 0 spiro atoms. The third kappa shape index (κ3) is 2.14. The Labute approximate surface area is 89.3 Å². The Balaban J connectivity index is 2.07. The van der Waals surface area contributed by atoms with Gasteiger partial charge in [-0.15, -0.1) is 0 Å². The van der Waals surface area contributed by atoms with Crippen molar-refractivity contribution in [3.8, 4) is 0 Å². The van der Waals surface area contributed by atoms with Crippen LogP contribution in [-0.2, 0) is 4.79 Å². The SMILES string of the molecule is O=CC1CCC(C(=O)c2ccccc2)C1. The van der Waals surface area contributed by atoms with Gasteiger partial charge in [-0.05, 0) is 19.3 Å². The van der Waals surface area contributed by atoms with Crippen LogP contribution < -0.4 is 0 Å². The predicted molar refractivity (Wildman–Crippen MR) is 57.7 cm³/mol. The Bertz CT molecular complexity index is 356. The van der Waals surface area contributed by atoms with Gasteiger partial charge in [0, 0.05) is 17.4 Å². The van der Waals surface area contributed by atoms with Gasteiger partial charge in [0.1, 0.15) is 6.29 Å². The Morgan fingerprint density at radius 3 is 2.53 bits per heavy atom. The van der Waals surface area contributed by atoms with Crippen molar-refractivity contribution in [1.29, 1.82) is 0 Å². The average molecular weight is 202 g/mol. The molecular weight excluding hydrogens is 188 g/mol. The van der Waals surface area contributed by atoms with Crippen molar-refractivity contribution < 1.29 is 9.59 Å². The van der Waals surface area contributed by atoms with E-state index in [9.17, 15) is 9.59 Å². The molecule has 0 saturated heterocycles. The summed E-state index contributed by atoms with van der Waals surface area (Å²) in [5.74, 6) is 0.352. The summed E-state index contributed by atoms with van der Waals surface area (Å²) >= 11 is 0. The molecule has 0 aliphatic heterocycles. The number of aldehydes is 1. The summed E-state index contributed by atoms with van der Waals surface area (Å²) in [5, 5.41) is 0. The normalized spacial score (nSPS) is 25.1. The maximum atomic E-state index is 12.0. The van der Waals surface area contributed by atoms with E-state index in [0.717, 1.165) is 31.1 Å². The zero-order chi connectivity index (χ0) is 10.7. The molecule has 1 saturated carbocycles. The molecule has 1 aromatic rings. The monoisotopic (exact) mass is 202 g/mol. The van der Waals surface area contributed by atoms with E-state index in [0.29, 0.717) is 0 Å². The van der Waals surface area contributed by atoms with Crippen LogP contribution in [0.25, 0.3) is 0 Å². The standard InChI is InChI=1S/C13H14O2/c14-9-10-6-7-12(8-10)13(15)11-4-2-1-3-5-11/h1-5,9-10,12H,6-8H2. The molecule has 1 aromatic carbocycles. The van der Waals surface area contributed by atoms with Crippen molar-refractivity contribution in [2.75, 3.05) is 0 Å². The van der Waals surface area contributed by atoms with Crippen LogP contribution >= 0.6 is 0 Å². The fraction of sp³-hybridized carbons (Fsp3) is 0.385. The Kier molecular flexibility index (Phi) is 2.95. The van der Waals surface area contributed by atoms with Crippen molar-refractivity contribution in [1.82, 2.24) is 0 Å². The molecular formula is C13H14O2. The number of carbonyl (C=O) groups excluding carboxylic acids is 2. The number of rotatable bonds is 3.